The molecular formula is C16H17N3O. The van der Waals surface area contributed by atoms with E-state index in [9.17, 15) is 0 Å². The Kier molecular flexibility index (Phi) is 3.06. The van der Waals surface area contributed by atoms with Crippen LogP contribution < -0.4 is 10.6 Å². The van der Waals surface area contributed by atoms with Gasteiger partial charge in [-0.15, -0.1) is 0 Å². The van der Waals surface area contributed by atoms with Crippen molar-refractivity contribution in [3.05, 3.63) is 53.9 Å². The fourth-order valence-electron chi connectivity index (χ4n) is 2.38. The van der Waals surface area contributed by atoms with E-state index in [1.54, 1.807) is 0 Å². The number of nitrogen functional groups attached to an aromatic ring is 1. The van der Waals surface area contributed by atoms with E-state index in [1.165, 1.54) is 5.56 Å². The molecular weight excluding hydrogens is 250 g/mol. The third kappa shape index (κ3) is 2.32. The Morgan fingerprint density at radius 1 is 1.20 bits per heavy atom. The van der Waals surface area contributed by atoms with Crippen LogP contribution in [0.3, 0.4) is 0 Å². The second-order valence-electron chi connectivity index (χ2n) is 4.95. The quantitative estimate of drug-likeness (QED) is 0.739. The highest BCUT2D eigenvalue weighted by Gasteiger charge is 2.08. The third-order valence-corrected chi connectivity index (χ3v) is 3.33. The van der Waals surface area contributed by atoms with Gasteiger partial charge in [0.05, 0.1) is 11.4 Å². The molecule has 0 unspecified atom stereocenters. The molecule has 0 amide bonds. The summed E-state index contributed by atoms with van der Waals surface area (Å²) in [6.07, 6.45) is 0. The van der Waals surface area contributed by atoms with Crippen molar-refractivity contribution in [3.8, 4) is 0 Å². The summed E-state index contributed by atoms with van der Waals surface area (Å²) >= 11 is 0. The molecule has 20 heavy (non-hydrogen) atoms. The fourth-order valence-corrected chi connectivity index (χ4v) is 2.38. The number of hydrogen-bond donors (Lipinski definition) is 1. The molecule has 0 atom stereocenters. The maximum atomic E-state index is 6.00. The maximum absolute atomic E-state index is 6.00. The number of anilines is 2. The number of para-hydroxylation sites is 2. The summed E-state index contributed by atoms with van der Waals surface area (Å²) in [5, 5.41) is 0. The van der Waals surface area contributed by atoms with Crippen molar-refractivity contribution in [1.82, 2.24) is 4.98 Å². The zero-order valence-electron chi connectivity index (χ0n) is 11.6. The highest BCUT2D eigenvalue weighted by atomic mass is 16.3. The molecule has 2 N–H and O–H groups in total. The highest BCUT2D eigenvalue weighted by Crippen LogP contribution is 2.24. The summed E-state index contributed by atoms with van der Waals surface area (Å²) in [4.78, 5) is 6.43. The zero-order chi connectivity index (χ0) is 14.1. The van der Waals surface area contributed by atoms with E-state index in [4.69, 9.17) is 10.2 Å². The van der Waals surface area contributed by atoms with Gasteiger partial charge in [0, 0.05) is 20.5 Å². The topological polar surface area (TPSA) is 55.3 Å². The minimum atomic E-state index is 0.692. The van der Waals surface area contributed by atoms with Gasteiger partial charge in [0.15, 0.2) is 11.5 Å². The van der Waals surface area contributed by atoms with Crippen LogP contribution in [0.15, 0.2) is 46.9 Å². The molecule has 102 valence electrons. The second-order valence-corrected chi connectivity index (χ2v) is 4.95. The highest BCUT2D eigenvalue weighted by molar-refractivity contribution is 5.74. The molecule has 0 saturated heterocycles. The molecule has 4 nitrogen and oxygen atoms in total. The number of hydrogen-bond acceptors (Lipinski definition) is 4. The number of nitrogens with two attached hydrogens (primary N) is 1. The lowest BCUT2D eigenvalue weighted by Gasteiger charge is -2.21. The number of aryl methyl sites for hydroxylation is 1. The van der Waals surface area contributed by atoms with E-state index in [-0.39, 0.29) is 0 Å². The Labute approximate surface area is 117 Å². The van der Waals surface area contributed by atoms with Crippen LogP contribution in [-0.4, -0.2) is 12.0 Å². The number of rotatable bonds is 3. The Morgan fingerprint density at radius 2 is 2.00 bits per heavy atom. The van der Waals surface area contributed by atoms with Crippen LogP contribution in [0, 0.1) is 6.92 Å². The van der Waals surface area contributed by atoms with Gasteiger partial charge < -0.3 is 15.1 Å². The maximum Gasteiger partial charge on any atom is 0.192 e. The second kappa shape index (κ2) is 4.89. The summed E-state index contributed by atoms with van der Waals surface area (Å²) in [5.41, 5.74) is 10.7. The third-order valence-electron chi connectivity index (χ3n) is 3.33. The van der Waals surface area contributed by atoms with Crippen molar-refractivity contribution in [3.63, 3.8) is 0 Å². The molecule has 3 aromatic rings. The Bertz CT molecular complexity index is 748. The predicted octanol–water partition coefficient (Wildman–Crippen LogP) is 3.35. The molecule has 0 aliphatic heterocycles. The largest absolute Gasteiger partial charge is 0.441 e. The van der Waals surface area contributed by atoms with Crippen LogP contribution in [0.2, 0.25) is 0 Å². The molecule has 3 rings (SSSR count). The first-order valence-electron chi connectivity index (χ1n) is 6.55. The number of aromatic nitrogens is 1. The van der Waals surface area contributed by atoms with Gasteiger partial charge in [-0.05, 0) is 29.8 Å². The summed E-state index contributed by atoms with van der Waals surface area (Å²) < 4.78 is 5.57. The van der Waals surface area contributed by atoms with Crippen LogP contribution in [-0.2, 0) is 6.54 Å². The van der Waals surface area contributed by atoms with Gasteiger partial charge in [-0.2, -0.15) is 0 Å². The minimum Gasteiger partial charge on any atom is -0.441 e. The number of nitrogens with zero attached hydrogens (tertiary/aromatic N) is 2. The van der Waals surface area contributed by atoms with E-state index in [2.05, 4.69) is 16.0 Å². The number of fused-ring (bicyclic) bond motifs is 1. The van der Waals surface area contributed by atoms with Crippen molar-refractivity contribution >= 4 is 22.5 Å². The normalized spacial score (nSPS) is 10.9. The smallest absolute Gasteiger partial charge is 0.192 e. The summed E-state index contributed by atoms with van der Waals surface area (Å²) in [6.45, 7) is 2.63. The van der Waals surface area contributed by atoms with E-state index < -0.39 is 0 Å². The van der Waals surface area contributed by atoms with Gasteiger partial charge in [-0.3, -0.25) is 0 Å². The average Bonchev–Trinajstić information content (AvgIpc) is 2.78. The molecule has 0 saturated carbocycles. The monoisotopic (exact) mass is 267 g/mol. The minimum absolute atomic E-state index is 0.692. The summed E-state index contributed by atoms with van der Waals surface area (Å²) in [5.74, 6) is 0.692. The van der Waals surface area contributed by atoms with E-state index in [1.807, 2.05) is 50.4 Å². The van der Waals surface area contributed by atoms with Crippen LogP contribution in [0.4, 0.5) is 11.4 Å². The van der Waals surface area contributed by atoms with Gasteiger partial charge in [0.1, 0.15) is 5.52 Å². The van der Waals surface area contributed by atoms with Gasteiger partial charge in [-0.1, -0.05) is 18.2 Å². The van der Waals surface area contributed by atoms with Crippen molar-refractivity contribution in [1.29, 1.82) is 0 Å². The first-order chi connectivity index (χ1) is 9.63. The molecule has 0 bridgehead atoms. The van der Waals surface area contributed by atoms with Gasteiger partial charge >= 0.3 is 0 Å². The van der Waals surface area contributed by atoms with Gasteiger partial charge in [0.25, 0.3) is 0 Å². The van der Waals surface area contributed by atoms with Crippen LogP contribution >= 0.6 is 0 Å². The van der Waals surface area contributed by atoms with Crippen LogP contribution in [0.25, 0.3) is 11.1 Å². The Balaban J connectivity index is 1.87. The number of benzene rings is 2. The standard InChI is InChI=1S/C16H17N3O/c1-11-18-14-8-7-12(9-16(14)20-11)10-19(2)15-6-4-3-5-13(15)17/h3-9H,10,17H2,1-2H3. The first-order valence-corrected chi connectivity index (χ1v) is 6.55. The van der Waals surface area contributed by atoms with Crippen molar-refractivity contribution in [2.75, 3.05) is 17.7 Å². The molecule has 0 radical (unpaired) electrons. The fraction of sp³-hybridized carbons (Fsp3) is 0.188. The van der Waals surface area contributed by atoms with Crippen LogP contribution in [0.5, 0.6) is 0 Å². The van der Waals surface area contributed by atoms with Crippen molar-refractivity contribution in [2.24, 2.45) is 0 Å². The molecule has 4 heteroatoms. The molecule has 0 aliphatic rings. The van der Waals surface area contributed by atoms with Crippen molar-refractivity contribution < 1.29 is 4.42 Å². The Hall–Kier alpha value is -2.49. The molecule has 0 aliphatic carbocycles. The number of oxazole rings is 1. The lowest BCUT2D eigenvalue weighted by molar-refractivity contribution is 0.560. The van der Waals surface area contributed by atoms with Crippen molar-refractivity contribution in [2.45, 2.75) is 13.5 Å². The lowest BCUT2D eigenvalue weighted by atomic mass is 10.2. The van der Waals surface area contributed by atoms with Crippen LogP contribution in [0.1, 0.15) is 11.5 Å². The predicted molar refractivity (Wildman–Crippen MR) is 81.7 cm³/mol. The molecule has 0 fully saturated rings. The SMILES string of the molecule is Cc1nc2ccc(CN(C)c3ccccc3N)cc2o1. The zero-order valence-corrected chi connectivity index (χ0v) is 11.6. The summed E-state index contributed by atoms with van der Waals surface area (Å²) in [6, 6.07) is 14.0. The van der Waals surface area contributed by atoms with Gasteiger partial charge in [0.2, 0.25) is 0 Å². The lowest BCUT2D eigenvalue weighted by Crippen LogP contribution is -2.17. The Morgan fingerprint density at radius 3 is 2.80 bits per heavy atom. The molecule has 1 heterocycles. The summed E-state index contributed by atoms with van der Waals surface area (Å²) in [7, 11) is 2.03. The van der Waals surface area contributed by atoms with E-state index in [0.29, 0.717) is 5.89 Å². The van der Waals surface area contributed by atoms with Gasteiger partial charge in [-0.25, -0.2) is 4.98 Å². The molecule has 2 aromatic carbocycles. The van der Waals surface area contributed by atoms with E-state index in [0.717, 1.165) is 29.0 Å². The first kappa shape index (κ1) is 12.5. The average molecular weight is 267 g/mol. The molecule has 1 aromatic heterocycles. The molecule has 0 spiro atoms. The van der Waals surface area contributed by atoms with E-state index >= 15 is 0 Å².